The first-order chi connectivity index (χ1) is 16.5. The van der Waals surface area contributed by atoms with Crippen LogP contribution >= 0.6 is 0 Å². The van der Waals surface area contributed by atoms with E-state index in [4.69, 9.17) is 15.9 Å². The molecule has 0 aromatic heterocycles. The number of benzene rings is 3. The molecule has 1 amide bonds. The van der Waals surface area contributed by atoms with Gasteiger partial charge in [-0.25, -0.2) is 9.59 Å². The van der Waals surface area contributed by atoms with Crippen LogP contribution < -0.4 is 4.74 Å². The van der Waals surface area contributed by atoms with Gasteiger partial charge in [-0.15, -0.1) is 6.42 Å². The average molecular weight is 456 g/mol. The van der Waals surface area contributed by atoms with Gasteiger partial charge in [-0.3, -0.25) is 4.90 Å². The topological polar surface area (TPSA) is 76.1 Å². The summed E-state index contributed by atoms with van der Waals surface area (Å²) in [5.74, 6) is 1.78. The summed E-state index contributed by atoms with van der Waals surface area (Å²) < 4.78 is 11.0. The van der Waals surface area contributed by atoms with Gasteiger partial charge in [-0.05, 0) is 39.9 Å². The first-order valence-corrected chi connectivity index (χ1v) is 11.0. The number of carbonyl (C=O) groups is 2. The van der Waals surface area contributed by atoms with Crippen molar-refractivity contribution in [2.45, 2.75) is 18.4 Å². The second-order valence-electron chi connectivity index (χ2n) is 8.11. The molecule has 34 heavy (non-hydrogen) atoms. The van der Waals surface area contributed by atoms with Crippen LogP contribution in [-0.4, -0.2) is 48.4 Å². The Balaban J connectivity index is 1.43. The number of nitrogens with zero attached hydrogens (tertiary/aromatic N) is 1. The minimum absolute atomic E-state index is 0.0939. The van der Waals surface area contributed by atoms with Crippen molar-refractivity contribution < 1.29 is 24.2 Å². The normalized spacial score (nSPS) is 12.7. The number of amides is 1. The van der Waals surface area contributed by atoms with Gasteiger partial charge in [-0.2, -0.15) is 0 Å². The summed E-state index contributed by atoms with van der Waals surface area (Å²) in [6.45, 7) is 0.284. The molecule has 0 saturated heterocycles. The van der Waals surface area contributed by atoms with E-state index in [1.165, 1.54) is 7.05 Å². The van der Waals surface area contributed by atoms with Crippen molar-refractivity contribution in [3.8, 4) is 29.2 Å². The number of carboxylic acid groups (broad SMARTS) is 1. The summed E-state index contributed by atoms with van der Waals surface area (Å²) in [7, 11) is 1.45. The fourth-order valence-electron chi connectivity index (χ4n) is 4.28. The van der Waals surface area contributed by atoms with Gasteiger partial charge in [0.25, 0.3) is 0 Å². The molecule has 0 spiro atoms. The Bertz CT molecular complexity index is 1180. The van der Waals surface area contributed by atoms with Crippen LogP contribution in [0.25, 0.3) is 11.1 Å². The van der Waals surface area contributed by atoms with Gasteiger partial charge < -0.3 is 14.6 Å². The van der Waals surface area contributed by atoms with E-state index in [2.05, 4.69) is 18.1 Å². The van der Waals surface area contributed by atoms with Crippen molar-refractivity contribution in [1.82, 2.24) is 4.90 Å². The highest BCUT2D eigenvalue weighted by Gasteiger charge is 2.32. The third kappa shape index (κ3) is 4.74. The average Bonchev–Trinajstić information content (AvgIpc) is 3.18. The van der Waals surface area contributed by atoms with Crippen molar-refractivity contribution in [2.24, 2.45) is 0 Å². The first kappa shape index (κ1) is 22.9. The number of aliphatic carboxylic acids is 1. The number of hydrogen-bond donors (Lipinski definition) is 1. The molecule has 0 heterocycles. The predicted molar refractivity (Wildman–Crippen MR) is 129 cm³/mol. The Labute approximate surface area is 198 Å². The Morgan fingerprint density at radius 3 is 2.15 bits per heavy atom. The second-order valence-corrected chi connectivity index (χ2v) is 8.11. The fourth-order valence-corrected chi connectivity index (χ4v) is 4.28. The number of carbonyl (C=O) groups excluding carboxylic acids is 1. The Hall–Kier alpha value is -4.24. The second kappa shape index (κ2) is 10.1. The van der Waals surface area contributed by atoms with E-state index in [0.717, 1.165) is 32.7 Å². The molecule has 0 aliphatic heterocycles. The molecule has 1 N–H and O–H groups in total. The lowest BCUT2D eigenvalue weighted by Gasteiger charge is -2.25. The number of fused-ring (bicyclic) bond motifs is 3. The molecule has 172 valence electrons. The molecule has 1 atom stereocenters. The largest absolute Gasteiger partial charge is 0.481 e. The molecular weight excluding hydrogens is 430 g/mol. The van der Waals surface area contributed by atoms with Crippen LogP contribution in [0, 0.1) is 12.3 Å². The van der Waals surface area contributed by atoms with E-state index in [-0.39, 0.29) is 25.6 Å². The minimum atomic E-state index is -1.11. The Kier molecular flexibility index (Phi) is 6.84. The lowest BCUT2D eigenvalue weighted by Crippen LogP contribution is -2.44. The highest BCUT2D eigenvalue weighted by atomic mass is 16.6. The van der Waals surface area contributed by atoms with Crippen LogP contribution in [-0.2, 0) is 16.0 Å². The van der Waals surface area contributed by atoms with Crippen molar-refractivity contribution in [1.29, 1.82) is 0 Å². The van der Waals surface area contributed by atoms with E-state index in [0.29, 0.717) is 5.75 Å². The highest BCUT2D eigenvalue weighted by molar-refractivity contribution is 5.81. The van der Waals surface area contributed by atoms with Crippen LogP contribution in [0.2, 0.25) is 0 Å². The van der Waals surface area contributed by atoms with Gasteiger partial charge >= 0.3 is 12.1 Å². The number of ether oxygens (including phenoxy) is 2. The molecule has 0 bridgehead atoms. The van der Waals surface area contributed by atoms with Gasteiger partial charge in [0, 0.05) is 19.4 Å². The summed E-state index contributed by atoms with van der Waals surface area (Å²) >= 11 is 0. The van der Waals surface area contributed by atoms with Gasteiger partial charge in [0.2, 0.25) is 0 Å². The minimum Gasteiger partial charge on any atom is -0.481 e. The van der Waals surface area contributed by atoms with E-state index >= 15 is 0 Å². The molecule has 0 unspecified atom stereocenters. The van der Waals surface area contributed by atoms with Crippen LogP contribution in [0.4, 0.5) is 4.79 Å². The van der Waals surface area contributed by atoms with E-state index in [1.807, 2.05) is 36.4 Å². The van der Waals surface area contributed by atoms with Gasteiger partial charge in [-0.1, -0.05) is 66.6 Å². The molecule has 3 aromatic rings. The Morgan fingerprint density at radius 1 is 1.00 bits per heavy atom. The van der Waals surface area contributed by atoms with Gasteiger partial charge in [0.05, 0.1) is 0 Å². The van der Waals surface area contributed by atoms with Gasteiger partial charge in [0.15, 0.2) is 0 Å². The van der Waals surface area contributed by atoms with Crippen molar-refractivity contribution in [3.05, 3.63) is 89.5 Å². The van der Waals surface area contributed by atoms with Gasteiger partial charge in [0.1, 0.15) is 25.0 Å². The van der Waals surface area contributed by atoms with Crippen LogP contribution in [0.15, 0.2) is 72.8 Å². The molecule has 1 aliphatic rings. The number of terminal acetylenes is 1. The summed E-state index contributed by atoms with van der Waals surface area (Å²) in [5.41, 5.74) is 5.21. The summed E-state index contributed by atoms with van der Waals surface area (Å²) in [4.78, 5) is 25.9. The van der Waals surface area contributed by atoms with Crippen LogP contribution in [0.3, 0.4) is 0 Å². The maximum absolute atomic E-state index is 12.8. The summed E-state index contributed by atoms with van der Waals surface area (Å²) in [6, 6.07) is 22.0. The third-order valence-electron chi connectivity index (χ3n) is 6.05. The lowest BCUT2D eigenvalue weighted by atomic mass is 9.98. The Morgan fingerprint density at radius 2 is 1.59 bits per heavy atom. The van der Waals surface area contributed by atoms with E-state index in [9.17, 15) is 14.7 Å². The number of likely N-dealkylation sites (N-methyl/N-ethyl adjacent to an activating group) is 1. The van der Waals surface area contributed by atoms with Crippen molar-refractivity contribution in [3.63, 3.8) is 0 Å². The molecule has 6 nitrogen and oxygen atoms in total. The molecule has 6 heteroatoms. The quantitative estimate of drug-likeness (QED) is 0.504. The predicted octanol–water partition coefficient (Wildman–Crippen LogP) is 4.58. The fraction of sp³-hybridized carbons (Fsp3) is 0.214. The number of carboxylic acids is 1. The summed E-state index contributed by atoms with van der Waals surface area (Å²) in [5, 5.41) is 9.77. The smallest absolute Gasteiger partial charge is 0.410 e. The maximum Gasteiger partial charge on any atom is 0.410 e. The molecule has 1 aliphatic carbocycles. The lowest BCUT2D eigenvalue weighted by molar-refractivity contribution is -0.142. The van der Waals surface area contributed by atoms with Crippen molar-refractivity contribution >= 4 is 12.1 Å². The zero-order chi connectivity index (χ0) is 24.1. The zero-order valence-corrected chi connectivity index (χ0v) is 18.8. The number of rotatable bonds is 8. The van der Waals surface area contributed by atoms with Crippen LogP contribution in [0.1, 0.15) is 22.6 Å². The zero-order valence-electron chi connectivity index (χ0n) is 18.8. The molecule has 4 rings (SSSR count). The monoisotopic (exact) mass is 455 g/mol. The highest BCUT2D eigenvalue weighted by Crippen LogP contribution is 2.44. The van der Waals surface area contributed by atoms with E-state index < -0.39 is 18.1 Å². The molecule has 0 radical (unpaired) electrons. The summed E-state index contributed by atoms with van der Waals surface area (Å²) in [6.07, 6.45) is 4.64. The van der Waals surface area contributed by atoms with Crippen LogP contribution in [0.5, 0.6) is 5.75 Å². The molecule has 0 saturated carbocycles. The maximum atomic E-state index is 12.8. The van der Waals surface area contributed by atoms with E-state index in [1.54, 1.807) is 24.3 Å². The molecular formula is C28H25NO5. The standard InChI is InChI=1S/C28H25NO5/c1-3-16-33-20-14-12-19(13-15-20)17-26(27(30)31)29(2)28(32)34-18-25-23-10-6-4-8-21(23)22-9-5-7-11-24(22)25/h1,4-15,25-26H,16-18H2,2H3,(H,30,31)/t26-/m1/s1. The SMILES string of the molecule is C#CCOc1ccc(C[C@H](C(=O)O)N(C)C(=O)OCC2c3ccccc3-c3ccccc32)cc1. The number of hydrogen-bond acceptors (Lipinski definition) is 4. The molecule has 0 fully saturated rings. The third-order valence-corrected chi connectivity index (χ3v) is 6.05. The first-order valence-electron chi connectivity index (χ1n) is 11.0. The van der Waals surface area contributed by atoms with Crippen molar-refractivity contribution in [2.75, 3.05) is 20.3 Å². The molecule has 3 aromatic carbocycles.